The number of hydrogen-bond donors (Lipinski definition) is 1. The van der Waals surface area contributed by atoms with Gasteiger partial charge in [0.2, 0.25) is 0 Å². The molecule has 0 saturated carbocycles. The number of halogens is 1. The minimum atomic E-state index is -3.97. The molecule has 0 aliphatic carbocycles. The lowest BCUT2D eigenvalue weighted by Gasteiger charge is -2.11. The van der Waals surface area contributed by atoms with Crippen molar-refractivity contribution < 1.29 is 27.1 Å². The fourth-order valence-electron chi connectivity index (χ4n) is 1.83. The van der Waals surface area contributed by atoms with E-state index in [-0.39, 0.29) is 21.9 Å². The molecule has 0 aliphatic heterocycles. The number of anilines is 1. The maximum Gasteiger partial charge on any atom is 0.338 e. The van der Waals surface area contributed by atoms with Crippen LogP contribution < -0.4 is 4.72 Å². The van der Waals surface area contributed by atoms with Gasteiger partial charge in [-0.3, -0.25) is 9.52 Å². The van der Waals surface area contributed by atoms with Crippen molar-refractivity contribution in [3.8, 4) is 0 Å². The van der Waals surface area contributed by atoms with Gasteiger partial charge in [0.15, 0.2) is 11.9 Å². The van der Waals surface area contributed by atoms with Crippen molar-refractivity contribution in [1.29, 1.82) is 0 Å². The molecule has 0 fully saturated rings. The molecule has 1 atom stereocenters. The van der Waals surface area contributed by atoms with Crippen LogP contribution in [0.1, 0.15) is 24.2 Å². The Labute approximate surface area is 144 Å². The molecule has 2 aromatic carbocycles. The first-order valence-corrected chi connectivity index (χ1v) is 8.77. The number of benzene rings is 2. The molecule has 6 nitrogen and oxygen atoms in total. The predicted octanol–water partition coefficient (Wildman–Crippen LogP) is 2.76. The second-order valence-corrected chi connectivity index (χ2v) is 6.98. The van der Waals surface area contributed by atoms with E-state index in [1.54, 1.807) is 0 Å². The molecule has 2 rings (SSSR count). The second-order valence-electron chi connectivity index (χ2n) is 5.30. The third-order valence-electron chi connectivity index (χ3n) is 3.33. The third-order valence-corrected chi connectivity index (χ3v) is 4.71. The number of ether oxygens (including phenoxy) is 1. The van der Waals surface area contributed by atoms with Gasteiger partial charge in [-0.15, -0.1) is 0 Å². The van der Waals surface area contributed by atoms with Crippen LogP contribution in [0.15, 0.2) is 53.4 Å². The Balaban J connectivity index is 2.23. The van der Waals surface area contributed by atoms with Crippen LogP contribution in [0.2, 0.25) is 0 Å². The Kier molecular flexibility index (Phi) is 5.53. The average molecular weight is 365 g/mol. The zero-order chi connectivity index (χ0) is 18.6. The van der Waals surface area contributed by atoms with E-state index in [1.807, 2.05) is 0 Å². The van der Waals surface area contributed by atoms with Crippen molar-refractivity contribution in [3.05, 3.63) is 59.9 Å². The lowest BCUT2D eigenvalue weighted by Crippen LogP contribution is -2.22. The van der Waals surface area contributed by atoms with Crippen LogP contribution in [0.3, 0.4) is 0 Å². The van der Waals surface area contributed by atoms with E-state index in [0.29, 0.717) is 0 Å². The average Bonchev–Trinajstić information content (AvgIpc) is 2.56. The lowest BCUT2D eigenvalue weighted by atomic mass is 10.2. The molecular weight excluding hydrogens is 349 g/mol. The van der Waals surface area contributed by atoms with Crippen LogP contribution in [-0.4, -0.2) is 26.3 Å². The summed E-state index contributed by atoms with van der Waals surface area (Å²) in [6.07, 6.45) is -0.926. The van der Waals surface area contributed by atoms with Crippen LogP contribution in [0.4, 0.5) is 10.1 Å². The summed E-state index contributed by atoms with van der Waals surface area (Å²) in [5, 5.41) is 0. The van der Waals surface area contributed by atoms with Gasteiger partial charge >= 0.3 is 5.97 Å². The van der Waals surface area contributed by atoms with E-state index in [4.69, 9.17) is 4.74 Å². The number of esters is 1. The van der Waals surface area contributed by atoms with E-state index in [1.165, 1.54) is 44.2 Å². The maximum atomic E-state index is 12.9. The maximum absolute atomic E-state index is 12.9. The van der Waals surface area contributed by atoms with Gasteiger partial charge in [0.05, 0.1) is 10.5 Å². The van der Waals surface area contributed by atoms with E-state index in [0.717, 1.165) is 18.2 Å². The molecule has 8 heteroatoms. The van der Waals surface area contributed by atoms with Gasteiger partial charge in [-0.05, 0) is 56.3 Å². The van der Waals surface area contributed by atoms with Crippen molar-refractivity contribution >= 4 is 27.5 Å². The summed E-state index contributed by atoms with van der Waals surface area (Å²) in [4.78, 5) is 23.0. The highest BCUT2D eigenvalue weighted by atomic mass is 32.2. The molecule has 2 aromatic rings. The molecule has 25 heavy (non-hydrogen) atoms. The number of Topliss-reactive ketones (excluding diaryl/α,β-unsaturated/α-hetero) is 1. The molecule has 0 aliphatic rings. The predicted molar refractivity (Wildman–Crippen MR) is 89.2 cm³/mol. The number of nitrogens with one attached hydrogen (secondary N) is 1. The van der Waals surface area contributed by atoms with Crippen LogP contribution in [0, 0.1) is 5.82 Å². The third kappa shape index (κ3) is 4.87. The molecule has 0 amide bonds. The number of rotatable bonds is 6. The highest BCUT2D eigenvalue weighted by molar-refractivity contribution is 7.92. The van der Waals surface area contributed by atoms with Crippen molar-refractivity contribution in [2.45, 2.75) is 24.8 Å². The Morgan fingerprint density at radius 3 is 2.36 bits per heavy atom. The Morgan fingerprint density at radius 1 is 1.12 bits per heavy atom. The van der Waals surface area contributed by atoms with Crippen molar-refractivity contribution in [2.24, 2.45) is 0 Å². The normalized spacial score (nSPS) is 12.3. The number of hydrogen-bond acceptors (Lipinski definition) is 5. The molecule has 0 radical (unpaired) electrons. The van der Waals surface area contributed by atoms with Gasteiger partial charge in [0, 0.05) is 5.69 Å². The summed E-state index contributed by atoms with van der Waals surface area (Å²) >= 11 is 0. The first kappa shape index (κ1) is 18.6. The Morgan fingerprint density at radius 2 is 1.76 bits per heavy atom. The standard InChI is InChI=1S/C17H16FNO5S/c1-11(20)12(2)24-17(21)13-4-3-5-16(10-13)25(22,23)19-15-8-6-14(18)7-9-15/h3-10,12,19H,1-2H3. The van der Waals surface area contributed by atoms with E-state index in [2.05, 4.69) is 4.72 Å². The summed E-state index contributed by atoms with van der Waals surface area (Å²) in [5.74, 6) is -1.62. The van der Waals surface area contributed by atoms with Gasteiger partial charge in [0.25, 0.3) is 10.0 Å². The minimum Gasteiger partial charge on any atom is -0.451 e. The van der Waals surface area contributed by atoms with Crippen molar-refractivity contribution in [3.63, 3.8) is 0 Å². The van der Waals surface area contributed by atoms with Gasteiger partial charge in [-0.25, -0.2) is 17.6 Å². The molecule has 1 N–H and O–H groups in total. The SMILES string of the molecule is CC(=O)C(C)OC(=O)c1cccc(S(=O)(=O)Nc2ccc(F)cc2)c1. The van der Waals surface area contributed by atoms with Crippen molar-refractivity contribution in [1.82, 2.24) is 0 Å². The van der Waals surface area contributed by atoms with E-state index < -0.39 is 27.9 Å². The highest BCUT2D eigenvalue weighted by Crippen LogP contribution is 2.18. The molecule has 0 heterocycles. The van der Waals surface area contributed by atoms with E-state index >= 15 is 0 Å². The van der Waals surface area contributed by atoms with Crippen LogP contribution in [0.5, 0.6) is 0 Å². The summed E-state index contributed by atoms with van der Waals surface area (Å²) in [5.41, 5.74) is 0.176. The summed E-state index contributed by atoms with van der Waals surface area (Å²) in [6, 6.07) is 10.0. The zero-order valence-electron chi connectivity index (χ0n) is 13.5. The van der Waals surface area contributed by atoms with Crippen LogP contribution in [-0.2, 0) is 19.6 Å². The molecule has 0 spiro atoms. The minimum absolute atomic E-state index is 0.00455. The molecule has 0 aromatic heterocycles. The summed E-state index contributed by atoms with van der Waals surface area (Å²) in [7, 11) is -3.97. The number of ketones is 1. The fourth-order valence-corrected chi connectivity index (χ4v) is 2.94. The number of carbonyl (C=O) groups is 2. The van der Waals surface area contributed by atoms with Gasteiger partial charge in [-0.1, -0.05) is 6.07 Å². The Bertz CT molecular complexity index is 894. The molecular formula is C17H16FNO5S. The fraction of sp³-hybridized carbons (Fsp3) is 0.176. The molecule has 132 valence electrons. The molecule has 1 unspecified atom stereocenters. The number of carbonyl (C=O) groups excluding carboxylic acids is 2. The van der Waals surface area contributed by atoms with Gasteiger partial charge < -0.3 is 4.74 Å². The first-order valence-electron chi connectivity index (χ1n) is 7.29. The monoisotopic (exact) mass is 365 g/mol. The topological polar surface area (TPSA) is 89.5 Å². The smallest absolute Gasteiger partial charge is 0.338 e. The lowest BCUT2D eigenvalue weighted by molar-refractivity contribution is -0.124. The Hall–Kier alpha value is -2.74. The second kappa shape index (κ2) is 7.43. The quantitative estimate of drug-likeness (QED) is 0.795. The summed E-state index contributed by atoms with van der Waals surface area (Å²) in [6.45, 7) is 2.71. The summed E-state index contributed by atoms with van der Waals surface area (Å²) < 4.78 is 44.9. The largest absolute Gasteiger partial charge is 0.451 e. The molecule has 0 saturated heterocycles. The number of sulfonamides is 1. The molecule has 0 bridgehead atoms. The van der Waals surface area contributed by atoms with Crippen LogP contribution >= 0.6 is 0 Å². The van der Waals surface area contributed by atoms with Crippen molar-refractivity contribution in [2.75, 3.05) is 4.72 Å². The first-order chi connectivity index (χ1) is 11.7. The van der Waals surface area contributed by atoms with Gasteiger partial charge in [0.1, 0.15) is 5.82 Å². The van der Waals surface area contributed by atoms with Crippen LogP contribution in [0.25, 0.3) is 0 Å². The highest BCUT2D eigenvalue weighted by Gasteiger charge is 2.19. The zero-order valence-corrected chi connectivity index (χ0v) is 14.3. The van der Waals surface area contributed by atoms with E-state index in [9.17, 15) is 22.4 Å². The van der Waals surface area contributed by atoms with Gasteiger partial charge in [-0.2, -0.15) is 0 Å².